The Labute approximate surface area is 177 Å². The molecule has 3 heterocycles. The first-order valence-corrected chi connectivity index (χ1v) is 11.7. The van der Waals surface area contributed by atoms with Gasteiger partial charge in [-0.15, -0.1) is 0 Å². The van der Waals surface area contributed by atoms with Crippen LogP contribution in [0.5, 0.6) is 5.75 Å². The van der Waals surface area contributed by atoms with E-state index in [9.17, 15) is 9.90 Å². The quantitative estimate of drug-likeness (QED) is 0.768. The predicted octanol–water partition coefficient (Wildman–Crippen LogP) is 4.45. The van der Waals surface area contributed by atoms with Crippen LogP contribution in [0.1, 0.15) is 81.3 Å². The molecule has 1 aromatic carbocycles. The Kier molecular flexibility index (Phi) is 4.05. The number of ether oxygens (including phenoxy) is 1. The molecule has 5 nitrogen and oxygen atoms in total. The van der Waals surface area contributed by atoms with E-state index < -0.39 is 5.60 Å². The second-order valence-electron chi connectivity index (χ2n) is 10.5. The number of rotatable bonds is 5. The van der Waals surface area contributed by atoms with E-state index in [1.54, 1.807) is 7.11 Å². The molecular formula is C25H32N2O3. The number of amides is 1. The van der Waals surface area contributed by atoms with Crippen LogP contribution in [-0.2, 0) is 4.79 Å². The molecule has 3 unspecified atom stereocenters. The van der Waals surface area contributed by atoms with Crippen molar-refractivity contribution in [1.82, 2.24) is 9.88 Å². The molecule has 4 bridgehead atoms. The molecule has 7 rings (SSSR count). The second kappa shape index (κ2) is 6.49. The van der Waals surface area contributed by atoms with Gasteiger partial charge in [0.25, 0.3) is 0 Å². The molecule has 5 heteroatoms. The number of aromatic amines is 1. The van der Waals surface area contributed by atoms with Crippen LogP contribution in [0.15, 0.2) is 18.3 Å². The number of nitrogens with one attached hydrogen (secondary N) is 1. The molecule has 1 amide bonds. The molecule has 2 saturated heterocycles. The number of piperidine rings is 2. The van der Waals surface area contributed by atoms with E-state index in [2.05, 4.69) is 35.1 Å². The van der Waals surface area contributed by atoms with Gasteiger partial charge < -0.3 is 19.7 Å². The van der Waals surface area contributed by atoms with Gasteiger partial charge in [0.05, 0.1) is 12.7 Å². The first-order valence-electron chi connectivity index (χ1n) is 11.7. The molecule has 2 aromatic rings. The van der Waals surface area contributed by atoms with Gasteiger partial charge >= 0.3 is 0 Å². The standard InChI is InChI=1S/C25H32N2O3/c1-14(7-22(28)27-17-8-15-9-18(27)12-25(29,10-15)11-17)19-13-26-20-5-6-21(30-2)23(24(19)20)16-3-4-16/h5-6,13-18,26,29H,3-4,7-12H2,1-2H3. The van der Waals surface area contributed by atoms with Crippen LogP contribution in [0, 0.1) is 5.92 Å². The molecule has 3 saturated carbocycles. The zero-order chi connectivity index (χ0) is 20.6. The number of carbonyl (C=O) groups is 1. The fourth-order valence-corrected chi connectivity index (χ4v) is 7.07. The summed E-state index contributed by atoms with van der Waals surface area (Å²) in [5.74, 6) is 2.58. The third kappa shape index (κ3) is 2.81. The van der Waals surface area contributed by atoms with Gasteiger partial charge in [0.2, 0.25) is 5.91 Å². The third-order valence-corrected chi connectivity index (χ3v) is 8.28. The van der Waals surface area contributed by atoms with Gasteiger partial charge in [0, 0.05) is 41.2 Å². The molecule has 160 valence electrons. The van der Waals surface area contributed by atoms with Crippen LogP contribution < -0.4 is 4.74 Å². The first kappa shape index (κ1) is 18.7. The van der Waals surface area contributed by atoms with E-state index >= 15 is 0 Å². The minimum absolute atomic E-state index is 0.149. The number of benzene rings is 1. The van der Waals surface area contributed by atoms with Gasteiger partial charge in [-0.2, -0.15) is 0 Å². The molecule has 1 aromatic heterocycles. The summed E-state index contributed by atoms with van der Waals surface area (Å²) < 4.78 is 5.70. The monoisotopic (exact) mass is 408 g/mol. The maximum Gasteiger partial charge on any atom is 0.223 e. The molecular weight excluding hydrogens is 376 g/mol. The molecule has 5 aliphatic rings. The number of fused-ring (bicyclic) bond motifs is 1. The van der Waals surface area contributed by atoms with Crippen LogP contribution in [-0.4, -0.2) is 45.7 Å². The van der Waals surface area contributed by atoms with Crippen molar-refractivity contribution in [3.8, 4) is 5.75 Å². The Balaban J connectivity index is 1.28. The highest BCUT2D eigenvalue weighted by molar-refractivity contribution is 5.91. The van der Waals surface area contributed by atoms with Crippen molar-refractivity contribution >= 4 is 16.8 Å². The fourth-order valence-electron chi connectivity index (χ4n) is 7.07. The number of hydrogen-bond donors (Lipinski definition) is 2. The maximum atomic E-state index is 13.4. The molecule has 2 N–H and O–H groups in total. The Morgan fingerprint density at radius 2 is 2.00 bits per heavy atom. The summed E-state index contributed by atoms with van der Waals surface area (Å²) in [6.07, 6.45) is 9.71. The van der Waals surface area contributed by atoms with Crippen LogP contribution >= 0.6 is 0 Å². The number of carbonyl (C=O) groups excluding carboxylic acids is 1. The number of nitrogens with zero attached hydrogens (tertiary/aromatic N) is 1. The number of hydrogen-bond acceptors (Lipinski definition) is 3. The SMILES string of the molecule is COc1ccc2[nH]cc(C(C)CC(=O)N3C4CC5CC3CC(O)(C5)C4)c2c1C1CC1. The maximum absolute atomic E-state index is 13.4. The Bertz CT molecular complexity index is 991. The fraction of sp³-hybridized carbons (Fsp3) is 0.640. The minimum Gasteiger partial charge on any atom is -0.496 e. The van der Waals surface area contributed by atoms with Gasteiger partial charge in [-0.25, -0.2) is 0 Å². The normalized spacial score (nSPS) is 33.3. The summed E-state index contributed by atoms with van der Waals surface area (Å²) in [6, 6.07) is 4.65. The van der Waals surface area contributed by atoms with Crippen LogP contribution in [0.3, 0.4) is 0 Å². The van der Waals surface area contributed by atoms with E-state index in [1.165, 1.54) is 29.4 Å². The van der Waals surface area contributed by atoms with Crippen LogP contribution in [0.4, 0.5) is 0 Å². The smallest absolute Gasteiger partial charge is 0.223 e. The number of aliphatic hydroxyl groups is 1. The summed E-state index contributed by atoms with van der Waals surface area (Å²) in [7, 11) is 1.75. The van der Waals surface area contributed by atoms with Crippen molar-refractivity contribution in [2.75, 3.05) is 7.11 Å². The molecule has 30 heavy (non-hydrogen) atoms. The van der Waals surface area contributed by atoms with Crippen molar-refractivity contribution < 1.29 is 14.6 Å². The van der Waals surface area contributed by atoms with Crippen molar-refractivity contribution in [2.45, 2.75) is 87.8 Å². The van der Waals surface area contributed by atoms with E-state index in [0.29, 0.717) is 18.3 Å². The lowest BCUT2D eigenvalue weighted by Crippen LogP contribution is -2.65. The largest absolute Gasteiger partial charge is 0.496 e. The summed E-state index contributed by atoms with van der Waals surface area (Å²) in [5, 5.41) is 12.1. The average Bonchev–Trinajstić information content (AvgIpc) is 3.43. The van der Waals surface area contributed by atoms with Crippen molar-refractivity contribution in [2.24, 2.45) is 5.92 Å². The average molecular weight is 409 g/mol. The summed E-state index contributed by atoms with van der Waals surface area (Å²) in [4.78, 5) is 19.0. The lowest BCUT2D eigenvalue weighted by atomic mass is 9.61. The van der Waals surface area contributed by atoms with E-state index in [4.69, 9.17) is 4.74 Å². The molecule has 0 spiro atoms. The van der Waals surface area contributed by atoms with E-state index in [-0.39, 0.29) is 23.9 Å². The molecule has 5 fully saturated rings. The van der Waals surface area contributed by atoms with Crippen molar-refractivity contribution in [1.29, 1.82) is 0 Å². The van der Waals surface area contributed by atoms with Gasteiger partial charge in [-0.3, -0.25) is 4.79 Å². The van der Waals surface area contributed by atoms with Gasteiger partial charge in [0.1, 0.15) is 5.75 Å². The zero-order valence-electron chi connectivity index (χ0n) is 18.0. The van der Waals surface area contributed by atoms with Gasteiger partial charge in [0.15, 0.2) is 0 Å². The third-order valence-electron chi connectivity index (χ3n) is 8.28. The molecule has 2 aliphatic heterocycles. The zero-order valence-corrected chi connectivity index (χ0v) is 18.0. The Morgan fingerprint density at radius 1 is 1.27 bits per heavy atom. The van der Waals surface area contributed by atoms with E-state index in [1.807, 2.05) is 0 Å². The van der Waals surface area contributed by atoms with Crippen LogP contribution in [0.25, 0.3) is 10.9 Å². The molecule has 3 atom stereocenters. The van der Waals surface area contributed by atoms with Crippen LogP contribution in [0.2, 0.25) is 0 Å². The molecule has 3 aliphatic carbocycles. The van der Waals surface area contributed by atoms with Gasteiger partial charge in [-0.1, -0.05) is 6.92 Å². The Morgan fingerprint density at radius 3 is 2.63 bits per heavy atom. The topological polar surface area (TPSA) is 65.6 Å². The highest BCUT2D eigenvalue weighted by Gasteiger charge is 2.55. The highest BCUT2D eigenvalue weighted by Crippen LogP contribution is 2.52. The van der Waals surface area contributed by atoms with Crippen molar-refractivity contribution in [3.63, 3.8) is 0 Å². The summed E-state index contributed by atoms with van der Waals surface area (Å²) in [6.45, 7) is 2.18. The van der Waals surface area contributed by atoms with Crippen molar-refractivity contribution in [3.05, 3.63) is 29.5 Å². The van der Waals surface area contributed by atoms with Gasteiger partial charge in [-0.05, 0) is 80.4 Å². The summed E-state index contributed by atoms with van der Waals surface area (Å²) in [5.41, 5.74) is 3.19. The second-order valence-corrected chi connectivity index (χ2v) is 10.5. The van der Waals surface area contributed by atoms with E-state index in [0.717, 1.165) is 43.4 Å². The lowest BCUT2D eigenvalue weighted by Gasteiger charge is -2.59. The predicted molar refractivity (Wildman–Crippen MR) is 116 cm³/mol. The number of methoxy groups -OCH3 is 1. The number of aromatic nitrogens is 1. The first-order chi connectivity index (χ1) is 14.5. The number of H-pyrrole nitrogens is 1. The lowest BCUT2D eigenvalue weighted by molar-refractivity contribution is -0.174. The molecule has 0 radical (unpaired) electrons. The highest BCUT2D eigenvalue weighted by atomic mass is 16.5. The Hall–Kier alpha value is -2.01. The summed E-state index contributed by atoms with van der Waals surface area (Å²) >= 11 is 0. The minimum atomic E-state index is -0.508.